The molecule has 1 heterocycles. The van der Waals surface area contributed by atoms with Crippen LogP contribution in [0.3, 0.4) is 0 Å². The van der Waals surface area contributed by atoms with Gasteiger partial charge in [0.05, 0.1) is 24.2 Å². The van der Waals surface area contributed by atoms with Crippen LogP contribution in [0.15, 0.2) is 72.8 Å². The molecular formula is C25H24N4O3. The molecule has 2 amide bonds. The van der Waals surface area contributed by atoms with Crippen LogP contribution in [-0.4, -0.2) is 34.5 Å². The van der Waals surface area contributed by atoms with Gasteiger partial charge in [-0.3, -0.25) is 9.59 Å². The van der Waals surface area contributed by atoms with Crippen molar-refractivity contribution >= 4 is 28.5 Å². The Morgan fingerprint density at radius 2 is 1.69 bits per heavy atom. The maximum atomic E-state index is 12.3. The molecule has 1 aromatic heterocycles. The normalized spacial score (nSPS) is 10.7. The number of nitrogens with zero attached hydrogens (tertiary/aromatic N) is 2. The first-order valence-corrected chi connectivity index (χ1v) is 10.4. The van der Waals surface area contributed by atoms with Crippen LogP contribution in [0, 0.1) is 0 Å². The smallest absolute Gasteiger partial charge is 0.251 e. The lowest BCUT2D eigenvalue weighted by Gasteiger charge is -2.09. The molecule has 0 atom stereocenters. The molecule has 0 fully saturated rings. The second-order valence-corrected chi connectivity index (χ2v) is 7.25. The van der Waals surface area contributed by atoms with E-state index in [2.05, 4.69) is 15.6 Å². The summed E-state index contributed by atoms with van der Waals surface area (Å²) in [6, 6.07) is 22.2. The van der Waals surface area contributed by atoms with Gasteiger partial charge in [0.2, 0.25) is 5.91 Å². The Hall–Kier alpha value is -4.13. The van der Waals surface area contributed by atoms with E-state index in [1.807, 2.05) is 67.1 Å². The van der Waals surface area contributed by atoms with Crippen molar-refractivity contribution < 1.29 is 14.3 Å². The summed E-state index contributed by atoms with van der Waals surface area (Å²) in [6.07, 6.45) is 0. The van der Waals surface area contributed by atoms with Crippen LogP contribution >= 0.6 is 0 Å². The molecule has 0 aliphatic heterocycles. The van der Waals surface area contributed by atoms with Gasteiger partial charge in [-0.15, -0.1) is 0 Å². The van der Waals surface area contributed by atoms with Crippen molar-refractivity contribution in [2.75, 3.05) is 18.5 Å². The maximum absolute atomic E-state index is 12.3. The maximum Gasteiger partial charge on any atom is 0.251 e. The summed E-state index contributed by atoms with van der Waals surface area (Å²) in [5, 5.41) is 5.42. The minimum Gasteiger partial charge on any atom is -0.494 e. The third-order valence-corrected chi connectivity index (χ3v) is 5.05. The summed E-state index contributed by atoms with van der Waals surface area (Å²) in [5.41, 5.74) is 4.06. The number of para-hydroxylation sites is 2. The van der Waals surface area contributed by atoms with Gasteiger partial charge in [-0.25, -0.2) is 4.98 Å². The minimum absolute atomic E-state index is 0.126. The number of nitrogens with one attached hydrogen (secondary N) is 2. The number of amides is 2. The van der Waals surface area contributed by atoms with Crippen molar-refractivity contribution in [3.8, 4) is 17.1 Å². The Morgan fingerprint density at radius 3 is 2.38 bits per heavy atom. The third kappa shape index (κ3) is 4.62. The molecule has 0 saturated carbocycles. The van der Waals surface area contributed by atoms with E-state index < -0.39 is 0 Å². The van der Waals surface area contributed by atoms with E-state index in [9.17, 15) is 9.59 Å². The lowest BCUT2D eigenvalue weighted by Crippen LogP contribution is -2.32. The number of carbonyl (C=O) groups is 2. The van der Waals surface area contributed by atoms with Gasteiger partial charge in [0.1, 0.15) is 11.6 Å². The van der Waals surface area contributed by atoms with Crippen LogP contribution in [0.4, 0.5) is 5.69 Å². The molecule has 0 radical (unpaired) electrons. The molecule has 2 N–H and O–H groups in total. The fourth-order valence-electron chi connectivity index (χ4n) is 3.44. The van der Waals surface area contributed by atoms with Gasteiger partial charge in [0.25, 0.3) is 5.91 Å². The zero-order chi connectivity index (χ0) is 22.5. The van der Waals surface area contributed by atoms with Crippen LogP contribution in [0.1, 0.15) is 17.3 Å². The molecule has 0 aliphatic carbocycles. The highest BCUT2D eigenvalue weighted by molar-refractivity contribution is 5.99. The van der Waals surface area contributed by atoms with E-state index in [-0.39, 0.29) is 18.4 Å². The van der Waals surface area contributed by atoms with Gasteiger partial charge < -0.3 is 19.9 Å². The molecule has 0 aliphatic rings. The van der Waals surface area contributed by atoms with E-state index in [4.69, 9.17) is 4.74 Å². The molecule has 4 rings (SSSR count). The number of imidazole rings is 1. The van der Waals surface area contributed by atoms with Crippen molar-refractivity contribution in [2.45, 2.75) is 6.92 Å². The molecule has 0 spiro atoms. The van der Waals surface area contributed by atoms with E-state index in [0.29, 0.717) is 23.6 Å². The topological polar surface area (TPSA) is 85.2 Å². The predicted molar refractivity (Wildman–Crippen MR) is 125 cm³/mol. The molecular weight excluding hydrogens is 404 g/mol. The largest absolute Gasteiger partial charge is 0.494 e. The molecule has 7 nitrogen and oxygen atoms in total. The number of aryl methyl sites for hydroxylation is 1. The molecule has 0 unspecified atom stereocenters. The lowest BCUT2D eigenvalue weighted by atomic mass is 10.2. The highest BCUT2D eigenvalue weighted by Crippen LogP contribution is 2.24. The van der Waals surface area contributed by atoms with Crippen LogP contribution in [0.25, 0.3) is 22.4 Å². The van der Waals surface area contributed by atoms with Crippen molar-refractivity contribution in [2.24, 2.45) is 7.05 Å². The minimum atomic E-state index is -0.319. The number of hydrogen-bond donors (Lipinski definition) is 2. The number of fused-ring (bicyclic) bond motifs is 1. The second kappa shape index (κ2) is 9.34. The lowest BCUT2D eigenvalue weighted by molar-refractivity contribution is -0.115. The molecule has 0 bridgehead atoms. The monoisotopic (exact) mass is 428 g/mol. The number of anilines is 1. The zero-order valence-electron chi connectivity index (χ0n) is 18.0. The molecule has 4 aromatic rings. The second-order valence-electron chi connectivity index (χ2n) is 7.25. The summed E-state index contributed by atoms with van der Waals surface area (Å²) in [7, 11) is 1.98. The highest BCUT2D eigenvalue weighted by atomic mass is 16.5. The van der Waals surface area contributed by atoms with Crippen LogP contribution in [-0.2, 0) is 11.8 Å². The average molecular weight is 428 g/mol. The number of benzene rings is 3. The molecule has 3 aromatic carbocycles. The van der Waals surface area contributed by atoms with Crippen LogP contribution < -0.4 is 15.4 Å². The van der Waals surface area contributed by atoms with Gasteiger partial charge >= 0.3 is 0 Å². The highest BCUT2D eigenvalue weighted by Gasteiger charge is 2.11. The molecule has 162 valence electrons. The SMILES string of the molecule is CCOc1ccc(C(=O)NCC(=O)Nc2ccc(-c3nc4ccccc4n3C)cc2)cc1. The van der Waals surface area contributed by atoms with Gasteiger partial charge in [-0.2, -0.15) is 0 Å². The first-order valence-electron chi connectivity index (χ1n) is 10.4. The quantitative estimate of drug-likeness (QED) is 0.466. The summed E-state index contributed by atoms with van der Waals surface area (Å²) >= 11 is 0. The molecule has 0 saturated heterocycles. The molecule has 32 heavy (non-hydrogen) atoms. The Balaban J connectivity index is 1.34. The van der Waals surface area contributed by atoms with Crippen molar-refractivity contribution in [3.63, 3.8) is 0 Å². The Bertz CT molecular complexity index is 1240. The van der Waals surface area contributed by atoms with E-state index >= 15 is 0 Å². The van der Waals surface area contributed by atoms with Crippen LogP contribution in [0.2, 0.25) is 0 Å². The fraction of sp³-hybridized carbons (Fsp3) is 0.160. The number of hydrogen-bond acceptors (Lipinski definition) is 4. The van der Waals surface area contributed by atoms with Gasteiger partial charge in [-0.1, -0.05) is 12.1 Å². The fourth-order valence-corrected chi connectivity index (χ4v) is 3.44. The predicted octanol–water partition coefficient (Wildman–Crippen LogP) is 4.01. The summed E-state index contributed by atoms with van der Waals surface area (Å²) < 4.78 is 7.40. The first-order chi connectivity index (χ1) is 15.5. The molecule has 7 heteroatoms. The Labute approximate surface area is 186 Å². The van der Waals surface area contributed by atoms with E-state index in [0.717, 1.165) is 22.4 Å². The van der Waals surface area contributed by atoms with E-state index in [1.165, 1.54) is 0 Å². The van der Waals surface area contributed by atoms with E-state index in [1.54, 1.807) is 24.3 Å². The van der Waals surface area contributed by atoms with Crippen molar-refractivity contribution in [1.82, 2.24) is 14.9 Å². The standard InChI is InChI=1S/C25H24N4O3/c1-3-32-20-14-10-18(11-15-20)25(31)26-16-23(30)27-19-12-8-17(9-13-19)24-28-21-6-4-5-7-22(21)29(24)2/h4-15H,3,16H2,1-2H3,(H,26,31)(H,27,30). The number of carbonyl (C=O) groups excluding carboxylic acids is 2. The average Bonchev–Trinajstić information content (AvgIpc) is 3.15. The zero-order valence-corrected chi connectivity index (χ0v) is 18.0. The van der Waals surface area contributed by atoms with Gasteiger partial charge in [0, 0.05) is 23.9 Å². The van der Waals surface area contributed by atoms with Gasteiger partial charge in [0.15, 0.2) is 0 Å². The first kappa shape index (κ1) is 21.1. The summed E-state index contributed by atoms with van der Waals surface area (Å²) in [6.45, 7) is 2.33. The Kier molecular flexibility index (Phi) is 6.17. The number of rotatable bonds is 7. The van der Waals surface area contributed by atoms with Gasteiger partial charge in [-0.05, 0) is 67.6 Å². The van der Waals surface area contributed by atoms with Crippen LogP contribution in [0.5, 0.6) is 5.75 Å². The third-order valence-electron chi connectivity index (χ3n) is 5.05. The summed E-state index contributed by atoms with van der Waals surface area (Å²) in [4.78, 5) is 29.2. The Morgan fingerprint density at radius 1 is 0.969 bits per heavy atom. The number of ether oxygens (including phenoxy) is 1. The summed E-state index contributed by atoms with van der Waals surface area (Å²) in [5.74, 6) is 0.927. The van der Waals surface area contributed by atoms with Crippen molar-refractivity contribution in [3.05, 3.63) is 78.4 Å². The number of aromatic nitrogens is 2. The van der Waals surface area contributed by atoms with Crippen molar-refractivity contribution in [1.29, 1.82) is 0 Å².